The van der Waals surface area contributed by atoms with Crippen molar-refractivity contribution in [3.63, 3.8) is 0 Å². The van der Waals surface area contributed by atoms with Crippen molar-refractivity contribution in [2.24, 2.45) is 0 Å². The molecule has 0 heteroatoms. The summed E-state index contributed by atoms with van der Waals surface area (Å²) in [7, 11) is 0. The molecule has 0 heterocycles. The Bertz CT molecular complexity index is 653. The second-order valence-electron chi connectivity index (χ2n) is 9.11. The predicted octanol–water partition coefficient (Wildman–Crippen LogP) is 7.98. The Labute approximate surface area is 163 Å². The van der Waals surface area contributed by atoms with Crippen LogP contribution in [0, 0.1) is 27.7 Å². The maximum Gasteiger partial charge on any atom is -0.0103 e. The third-order valence-electron chi connectivity index (χ3n) is 6.01. The average molecular weight is 353 g/mol. The van der Waals surface area contributed by atoms with E-state index in [0.717, 1.165) is 0 Å². The van der Waals surface area contributed by atoms with Crippen molar-refractivity contribution in [2.75, 3.05) is 0 Å². The molecule has 0 fully saturated rings. The SMILES string of the molecule is CCC(C)(C)c1cc(C)ccc1C.CCC(C)(C)c1cc(C)ccc1C. The average Bonchev–Trinajstić information content (AvgIpc) is 2.59. The first-order valence-corrected chi connectivity index (χ1v) is 10.1. The zero-order valence-electron chi connectivity index (χ0n) is 18.9. The maximum atomic E-state index is 2.32. The van der Waals surface area contributed by atoms with Crippen LogP contribution in [-0.2, 0) is 10.8 Å². The van der Waals surface area contributed by atoms with Gasteiger partial charge in [-0.2, -0.15) is 0 Å². The maximum absolute atomic E-state index is 2.32. The monoisotopic (exact) mass is 352 g/mol. The van der Waals surface area contributed by atoms with Gasteiger partial charge in [-0.1, -0.05) is 89.1 Å². The second-order valence-corrected chi connectivity index (χ2v) is 9.11. The quantitative estimate of drug-likeness (QED) is 0.523. The summed E-state index contributed by atoms with van der Waals surface area (Å²) in [6.45, 7) is 22.5. The first-order chi connectivity index (χ1) is 11.9. The van der Waals surface area contributed by atoms with E-state index in [1.807, 2.05) is 0 Å². The highest BCUT2D eigenvalue weighted by Gasteiger charge is 2.20. The Kier molecular flexibility index (Phi) is 7.69. The first-order valence-electron chi connectivity index (χ1n) is 10.1. The van der Waals surface area contributed by atoms with Crippen LogP contribution in [0.5, 0.6) is 0 Å². The lowest BCUT2D eigenvalue weighted by atomic mass is 9.79. The lowest BCUT2D eigenvalue weighted by molar-refractivity contribution is 0.503. The highest BCUT2D eigenvalue weighted by atomic mass is 14.2. The highest BCUT2D eigenvalue weighted by molar-refractivity contribution is 5.36. The summed E-state index contributed by atoms with van der Waals surface area (Å²) in [6.07, 6.45) is 2.38. The second kappa shape index (κ2) is 8.89. The minimum absolute atomic E-state index is 0.316. The minimum Gasteiger partial charge on any atom is -0.0646 e. The molecule has 2 rings (SSSR count). The van der Waals surface area contributed by atoms with Crippen LogP contribution in [0.2, 0.25) is 0 Å². The van der Waals surface area contributed by atoms with E-state index in [0.29, 0.717) is 10.8 Å². The van der Waals surface area contributed by atoms with Crippen molar-refractivity contribution in [1.29, 1.82) is 0 Å². The van der Waals surface area contributed by atoms with Gasteiger partial charge in [0.25, 0.3) is 0 Å². The topological polar surface area (TPSA) is 0 Å². The molecule has 144 valence electrons. The summed E-state index contributed by atoms with van der Waals surface area (Å²) in [6, 6.07) is 13.5. The van der Waals surface area contributed by atoms with Crippen LogP contribution in [0.1, 0.15) is 87.8 Å². The fourth-order valence-corrected chi connectivity index (χ4v) is 3.31. The third kappa shape index (κ3) is 5.73. The molecule has 0 aromatic heterocycles. The molecule has 0 bridgehead atoms. The Hall–Kier alpha value is -1.56. The molecule has 2 aromatic carbocycles. The van der Waals surface area contributed by atoms with Crippen LogP contribution in [0.15, 0.2) is 36.4 Å². The third-order valence-corrected chi connectivity index (χ3v) is 6.01. The smallest absolute Gasteiger partial charge is 0.0103 e. The fourth-order valence-electron chi connectivity index (χ4n) is 3.31. The molecular weight excluding hydrogens is 312 g/mol. The molecule has 0 unspecified atom stereocenters. The van der Waals surface area contributed by atoms with E-state index in [2.05, 4.69) is 106 Å². The number of hydrogen-bond acceptors (Lipinski definition) is 0. The Morgan fingerprint density at radius 1 is 0.577 bits per heavy atom. The molecule has 2 aromatic rings. The molecule has 0 amide bonds. The van der Waals surface area contributed by atoms with Crippen molar-refractivity contribution >= 4 is 0 Å². The van der Waals surface area contributed by atoms with E-state index >= 15 is 0 Å². The first kappa shape index (κ1) is 22.5. The fraction of sp³-hybridized carbons (Fsp3) is 0.538. The predicted molar refractivity (Wildman–Crippen MR) is 118 cm³/mol. The highest BCUT2D eigenvalue weighted by Crippen LogP contribution is 2.30. The van der Waals surface area contributed by atoms with Crippen molar-refractivity contribution in [3.05, 3.63) is 69.8 Å². The van der Waals surface area contributed by atoms with Gasteiger partial charge in [0.1, 0.15) is 0 Å². The van der Waals surface area contributed by atoms with Gasteiger partial charge in [-0.15, -0.1) is 0 Å². The van der Waals surface area contributed by atoms with E-state index in [-0.39, 0.29) is 0 Å². The molecule has 0 spiro atoms. The summed E-state index contributed by atoms with van der Waals surface area (Å²) < 4.78 is 0. The van der Waals surface area contributed by atoms with Gasteiger partial charge in [0.15, 0.2) is 0 Å². The van der Waals surface area contributed by atoms with Gasteiger partial charge >= 0.3 is 0 Å². The van der Waals surface area contributed by atoms with Gasteiger partial charge in [0, 0.05) is 0 Å². The minimum atomic E-state index is 0.316. The van der Waals surface area contributed by atoms with Crippen LogP contribution < -0.4 is 0 Å². The van der Waals surface area contributed by atoms with Crippen molar-refractivity contribution in [2.45, 2.75) is 92.9 Å². The molecule has 0 N–H and O–H groups in total. The number of rotatable bonds is 4. The summed E-state index contributed by atoms with van der Waals surface area (Å²) in [4.78, 5) is 0. The zero-order chi connectivity index (χ0) is 20.1. The van der Waals surface area contributed by atoms with Crippen LogP contribution in [0.4, 0.5) is 0 Å². The molecule has 0 nitrogen and oxygen atoms in total. The molecule has 0 aliphatic rings. The Morgan fingerprint density at radius 3 is 1.15 bits per heavy atom. The lowest BCUT2D eigenvalue weighted by Crippen LogP contribution is -2.17. The van der Waals surface area contributed by atoms with Crippen LogP contribution in [-0.4, -0.2) is 0 Å². The number of hydrogen-bond donors (Lipinski definition) is 0. The lowest BCUT2D eigenvalue weighted by Gasteiger charge is -2.25. The molecule has 0 saturated carbocycles. The van der Waals surface area contributed by atoms with Crippen LogP contribution in [0.25, 0.3) is 0 Å². The Balaban J connectivity index is 0.000000260. The van der Waals surface area contributed by atoms with E-state index in [1.165, 1.54) is 46.2 Å². The number of benzene rings is 2. The van der Waals surface area contributed by atoms with Crippen LogP contribution in [0.3, 0.4) is 0 Å². The molecule has 0 atom stereocenters. The summed E-state index contributed by atoms with van der Waals surface area (Å²) in [5, 5.41) is 0. The standard InChI is InChI=1S/2C13H20/c2*1-6-13(4,5)12-9-10(2)7-8-11(12)3/h2*7-9H,6H2,1-5H3. The van der Waals surface area contributed by atoms with E-state index in [9.17, 15) is 0 Å². The largest absolute Gasteiger partial charge is 0.0646 e. The normalized spacial score (nSPS) is 11.8. The van der Waals surface area contributed by atoms with Gasteiger partial charge in [0.2, 0.25) is 0 Å². The molecule has 0 saturated heterocycles. The van der Waals surface area contributed by atoms with Gasteiger partial charge < -0.3 is 0 Å². The van der Waals surface area contributed by atoms with Crippen LogP contribution >= 0.6 is 0 Å². The summed E-state index contributed by atoms with van der Waals surface area (Å²) in [5.41, 5.74) is 9.18. The van der Waals surface area contributed by atoms with Crippen molar-refractivity contribution < 1.29 is 0 Å². The van der Waals surface area contributed by atoms with E-state index in [4.69, 9.17) is 0 Å². The van der Waals surface area contributed by atoms with Crippen molar-refractivity contribution in [3.8, 4) is 0 Å². The Morgan fingerprint density at radius 2 is 0.885 bits per heavy atom. The summed E-state index contributed by atoms with van der Waals surface area (Å²) in [5.74, 6) is 0. The van der Waals surface area contributed by atoms with Gasteiger partial charge in [-0.05, 0) is 73.6 Å². The molecule has 0 aliphatic carbocycles. The van der Waals surface area contributed by atoms with Crippen molar-refractivity contribution in [1.82, 2.24) is 0 Å². The molecule has 0 aliphatic heterocycles. The van der Waals surface area contributed by atoms with Gasteiger partial charge in [-0.3, -0.25) is 0 Å². The molecule has 26 heavy (non-hydrogen) atoms. The van der Waals surface area contributed by atoms with Gasteiger partial charge in [-0.25, -0.2) is 0 Å². The zero-order valence-corrected chi connectivity index (χ0v) is 18.9. The number of aryl methyl sites for hydroxylation is 4. The molecular formula is C26H40. The van der Waals surface area contributed by atoms with Gasteiger partial charge in [0.05, 0.1) is 0 Å². The molecule has 0 radical (unpaired) electrons. The van der Waals surface area contributed by atoms with E-state index in [1.54, 1.807) is 0 Å². The van der Waals surface area contributed by atoms with E-state index < -0.39 is 0 Å². The summed E-state index contributed by atoms with van der Waals surface area (Å²) >= 11 is 0.